The standard InChI is InChI=1S/C18H28O/c1-17-8-4-6-14(17)13-11-12-5-3-9-18(2,16(12)19)15(13)7-10-17/h12-15H,3-11H2,1-2H3/t12-,13-,14-,15+,17+,18-/m0/s1. The van der Waals surface area contributed by atoms with Crippen LogP contribution in [0.2, 0.25) is 0 Å². The van der Waals surface area contributed by atoms with E-state index in [0.29, 0.717) is 17.1 Å². The van der Waals surface area contributed by atoms with Crippen molar-refractivity contribution in [2.24, 2.45) is 34.5 Å². The van der Waals surface area contributed by atoms with Gasteiger partial charge in [0.2, 0.25) is 0 Å². The van der Waals surface area contributed by atoms with Gasteiger partial charge in [0.15, 0.2) is 0 Å². The fraction of sp³-hybridized carbons (Fsp3) is 0.944. The zero-order valence-electron chi connectivity index (χ0n) is 12.6. The minimum absolute atomic E-state index is 0.0652. The Kier molecular flexibility index (Phi) is 2.52. The van der Waals surface area contributed by atoms with Crippen molar-refractivity contribution >= 4 is 5.78 Å². The molecular weight excluding hydrogens is 232 g/mol. The quantitative estimate of drug-likeness (QED) is 0.622. The van der Waals surface area contributed by atoms with E-state index in [0.717, 1.165) is 17.8 Å². The Balaban J connectivity index is 1.72. The number of rotatable bonds is 0. The normalized spacial score (nSPS) is 56.6. The van der Waals surface area contributed by atoms with Crippen molar-refractivity contribution in [2.45, 2.75) is 71.6 Å². The Bertz CT molecular complexity index is 414. The maximum Gasteiger partial charge on any atom is 0.142 e. The molecule has 0 unspecified atom stereocenters. The summed E-state index contributed by atoms with van der Waals surface area (Å²) < 4.78 is 0. The molecule has 0 aromatic rings. The monoisotopic (exact) mass is 260 g/mol. The average Bonchev–Trinajstić information content (AvgIpc) is 2.75. The number of hydrogen-bond donors (Lipinski definition) is 0. The molecule has 0 spiro atoms. The van der Waals surface area contributed by atoms with Crippen molar-refractivity contribution in [3.63, 3.8) is 0 Å². The average molecular weight is 260 g/mol. The van der Waals surface area contributed by atoms with Crippen LogP contribution >= 0.6 is 0 Å². The number of ketones is 1. The summed E-state index contributed by atoms with van der Waals surface area (Å²) in [7, 11) is 0. The minimum Gasteiger partial charge on any atom is -0.299 e. The predicted molar refractivity (Wildman–Crippen MR) is 76.7 cm³/mol. The first kappa shape index (κ1) is 12.4. The van der Waals surface area contributed by atoms with Crippen molar-refractivity contribution in [3.05, 3.63) is 0 Å². The lowest BCUT2D eigenvalue weighted by molar-refractivity contribution is -0.157. The van der Waals surface area contributed by atoms with Crippen LogP contribution in [0.4, 0.5) is 0 Å². The SMILES string of the molecule is C[C@]12CCC[C@H]1[C@@H]1C[C@@H]3CCC[C@](C)(C3=O)[C@@H]1CC2. The summed E-state index contributed by atoms with van der Waals surface area (Å²) in [6.07, 6.45) is 12.0. The van der Waals surface area contributed by atoms with Crippen LogP contribution in [0.5, 0.6) is 0 Å². The number of carbonyl (C=O) groups is 1. The molecule has 4 fully saturated rings. The van der Waals surface area contributed by atoms with Gasteiger partial charge in [-0.05, 0) is 68.1 Å². The lowest BCUT2D eigenvalue weighted by Crippen LogP contribution is -2.55. The van der Waals surface area contributed by atoms with E-state index in [-0.39, 0.29) is 5.41 Å². The van der Waals surface area contributed by atoms with Crippen LogP contribution in [0.3, 0.4) is 0 Å². The molecule has 2 bridgehead atoms. The molecule has 0 aromatic carbocycles. The summed E-state index contributed by atoms with van der Waals surface area (Å²) in [6, 6.07) is 0. The third kappa shape index (κ3) is 1.51. The molecule has 6 atom stereocenters. The molecule has 4 saturated carbocycles. The molecule has 0 heterocycles. The van der Waals surface area contributed by atoms with Crippen LogP contribution in [0.1, 0.15) is 71.6 Å². The summed E-state index contributed by atoms with van der Waals surface area (Å²) >= 11 is 0. The molecule has 4 aliphatic carbocycles. The Morgan fingerprint density at radius 2 is 1.74 bits per heavy atom. The van der Waals surface area contributed by atoms with Crippen LogP contribution in [-0.4, -0.2) is 5.78 Å². The first-order valence-electron chi connectivity index (χ1n) is 8.59. The van der Waals surface area contributed by atoms with Gasteiger partial charge in [-0.1, -0.05) is 26.7 Å². The third-order valence-electron chi connectivity index (χ3n) is 7.78. The molecule has 0 amide bonds. The smallest absolute Gasteiger partial charge is 0.142 e. The lowest BCUT2D eigenvalue weighted by atomic mass is 9.45. The van der Waals surface area contributed by atoms with Crippen LogP contribution in [0.25, 0.3) is 0 Å². The molecule has 19 heavy (non-hydrogen) atoms. The van der Waals surface area contributed by atoms with Gasteiger partial charge in [0.05, 0.1) is 0 Å². The second-order valence-corrected chi connectivity index (χ2v) is 8.57. The molecule has 0 aromatic heterocycles. The first-order valence-corrected chi connectivity index (χ1v) is 8.59. The van der Waals surface area contributed by atoms with Gasteiger partial charge in [0, 0.05) is 11.3 Å². The van der Waals surface area contributed by atoms with Gasteiger partial charge in [0.1, 0.15) is 5.78 Å². The van der Waals surface area contributed by atoms with Gasteiger partial charge in [-0.25, -0.2) is 0 Å². The summed E-state index contributed by atoms with van der Waals surface area (Å²) in [5.41, 5.74) is 0.696. The number of carbonyl (C=O) groups excluding carboxylic acids is 1. The van der Waals surface area contributed by atoms with Gasteiger partial charge in [0.25, 0.3) is 0 Å². The Morgan fingerprint density at radius 1 is 0.947 bits per heavy atom. The molecule has 0 saturated heterocycles. The van der Waals surface area contributed by atoms with E-state index in [2.05, 4.69) is 13.8 Å². The molecule has 106 valence electrons. The second kappa shape index (κ2) is 3.86. The van der Waals surface area contributed by atoms with Crippen LogP contribution in [0.15, 0.2) is 0 Å². The highest BCUT2D eigenvalue weighted by Gasteiger charge is 2.59. The molecule has 0 aliphatic heterocycles. The summed E-state index contributed by atoms with van der Waals surface area (Å²) in [5, 5.41) is 0. The van der Waals surface area contributed by atoms with Gasteiger partial charge in [-0.15, -0.1) is 0 Å². The van der Waals surface area contributed by atoms with E-state index in [1.54, 1.807) is 0 Å². The Morgan fingerprint density at radius 3 is 2.58 bits per heavy atom. The molecule has 4 rings (SSSR count). The molecule has 1 heteroatoms. The van der Waals surface area contributed by atoms with Gasteiger partial charge < -0.3 is 0 Å². The van der Waals surface area contributed by atoms with E-state index in [9.17, 15) is 4.79 Å². The zero-order valence-corrected chi connectivity index (χ0v) is 12.6. The summed E-state index contributed by atoms with van der Waals surface area (Å²) in [4.78, 5) is 12.8. The second-order valence-electron chi connectivity index (χ2n) is 8.57. The molecule has 0 radical (unpaired) electrons. The van der Waals surface area contributed by atoms with Crippen LogP contribution < -0.4 is 0 Å². The maximum absolute atomic E-state index is 12.8. The minimum atomic E-state index is 0.0652. The predicted octanol–water partition coefficient (Wildman–Crippen LogP) is 4.60. The maximum atomic E-state index is 12.8. The highest BCUT2D eigenvalue weighted by Crippen LogP contribution is 2.64. The van der Waals surface area contributed by atoms with Crippen molar-refractivity contribution < 1.29 is 4.79 Å². The fourth-order valence-electron chi connectivity index (χ4n) is 6.76. The van der Waals surface area contributed by atoms with Crippen LogP contribution in [-0.2, 0) is 4.79 Å². The highest BCUT2D eigenvalue weighted by molar-refractivity contribution is 5.88. The van der Waals surface area contributed by atoms with E-state index in [1.807, 2.05) is 0 Å². The molecule has 0 N–H and O–H groups in total. The summed E-state index contributed by atoms with van der Waals surface area (Å²) in [5.74, 6) is 3.64. The largest absolute Gasteiger partial charge is 0.299 e. The van der Waals surface area contributed by atoms with E-state index in [1.165, 1.54) is 57.8 Å². The van der Waals surface area contributed by atoms with Crippen molar-refractivity contribution in [2.75, 3.05) is 0 Å². The zero-order chi connectivity index (χ0) is 13.3. The number of Topliss-reactive ketones (excluding diaryl/α,β-unsaturated/α-hetero) is 1. The molecule has 4 aliphatic rings. The van der Waals surface area contributed by atoms with Gasteiger partial charge in [-0.2, -0.15) is 0 Å². The number of fused-ring (bicyclic) bond motifs is 6. The molecule has 1 nitrogen and oxygen atoms in total. The third-order valence-corrected chi connectivity index (χ3v) is 7.78. The van der Waals surface area contributed by atoms with Crippen molar-refractivity contribution in [1.29, 1.82) is 0 Å². The van der Waals surface area contributed by atoms with Gasteiger partial charge in [-0.3, -0.25) is 4.79 Å². The highest BCUT2D eigenvalue weighted by atomic mass is 16.1. The topological polar surface area (TPSA) is 17.1 Å². The van der Waals surface area contributed by atoms with Crippen molar-refractivity contribution in [1.82, 2.24) is 0 Å². The fourth-order valence-corrected chi connectivity index (χ4v) is 6.76. The first-order chi connectivity index (χ1) is 9.05. The Labute approximate surface area is 117 Å². The van der Waals surface area contributed by atoms with Crippen LogP contribution in [0, 0.1) is 34.5 Å². The van der Waals surface area contributed by atoms with Crippen molar-refractivity contribution in [3.8, 4) is 0 Å². The van der Waals surface area contributed by atoms with E-state index < -0.39 is 0 Å². The van der Waals surface area contributed by atoms with Gasteiger partial charge >= 0.3 is 0 Å². The number of hydrogen-bond acceptors (Lipinski definition) is 1. The Hall–Kier alpha value is -0.330. The molecular formula is C18H28O. The summed E-state index contributed by atoms with van der Waals surface area (Å²) in [6.45, 7) is 4.88. The van der Waals surface area contributed by atoms with E-state index in [4.69, 9.17) is 0 Å². The van der Waals surface area contributed by atoms with E-state index >= 15 is 0 Å². The lowest BCUT2D eigenvalue weighted by Gasteiger charge is -2.58.